The number of rotatable bonds is 10. The highest BCUT2D eigenvalue weighted by molar-refractivity contribution is 7.99. The summed E-state index contributed by atoms with van der Waals surface area (Å²) in [5.41, 5.74) is 2.89. The highest BCUT2D eigenvalue weighted by atomic mass is 32.2. The van der Waals surface area contributed by atoms with Crippen molar-refractivity contribution in [2.45, 2.75) is 53.5 Å². The molecule has 0 radical (unpaired) electrons. The number of hydrogen-bond acceptors (Lipinski definition) is 2. The average Bonchev–Trinajstić information content (AvgIpc) is 2.42. The monoisotopic (exact) mass is 307 g/mol. The summed E-state index contributed by atoms with van der Waals surface area (Å²) in [6.45, 7) is 12.4. The third-order valence-corrected chi connectivity index (χ3v) is 4.69. The van der Waals surface area contributed by atoms with E-state index in [1.165, 1.54) is 35.5 Å². The van der Waals surface area contributed by atoms with Gasteiger partial charge in [0, 0.05) is 11.8 Å². The molecule has 0 amide bonds. The minimum Gasteiger partial charge on any atom is -0.310 e. The molecule has 21 heavy (non-hydrogen) atoms. The third-order valence-electron chi connectivity index (χ3n) is 3.60. The second-order valence-electron chi connectivity index (χ2n) is 6.71. The zero-order valence-electron chi connectivity index (χ0n) is 14.5. The van der Waals surface area contributed by atoms with Crippen molar-refractivity contribution in [1.82, 2.24) is 5.32 Å². The van der Waals surface area contributed by atoms with Gasteiger partial charge in [-0.05, 0) is 48.1 Å². The van der Waals surface area contributed by atoms with Crippen LogP contribution in [0.15, 0.2) is 24.3 Å². The van der Waals surface area contributed by atoms with E-state index < -0.39 is 0 Å². The first kappa shape index (κ1) is 18.6. The highest BCUT2D eigenvalue weighted by Gasteiger charge is 2.10. The lowest BCUT2D eigenvalue weighted by Gasteiger charge is -2.19. The Morgan fingerprint density at radius 2 is 1.67 bits per heavy atom. The minimum atomic E-state index is 0.486. The molecule has 2 heteroatoms. The lowest BCUT2D eigenvalue weighted by molar-refractivity contribution is 0.602. The quantitative estimate of drug-likeness (QED) is 0.587. The zero-order valence-corrected chi connectivity index (χ0v) is 15.3. The molecule has 1 nitrogen and oxygen atoms in total. The van der Waals surface area contributed by atoms with Gasteiger partial charge >= 0.3 is 0 Å². The fourth-order valence-corrected chi connectivity index (χ4v) is 3.75. The summed E-state index contributed by atoms with van der Waals surface area (Å²) >= 11 is 2.08. The molecule has 1 aromatic rings. The Morgan fingerprint density at radius 1 is 1.00 bits per heavy atom. The van der Waals surface area contributed by atoms with Gasteiger partial charge in [-0.1, -0.05) is 58.9 Å². The zero-order chi connectivity index (χ0) is 15.7. The Kier molecular flexibility index (Phi) is 9.10. The molecule has 0 saturated carbocycles. The first-order valence-electron chi connectivity index (χ1n) is 8.42. The summed E-state index contributed by atoms with van der Waals surface area (Å²) in [4.78, 5) is 0. The topological polar surface area (TPSA) is 12.0 Å². The van der Waals surface area contributed by atoms with E-state index in [1.807, 2.05) is 0 Å². The van der Waals surface area contributed by atoms with Crippen molar-refractivity contribution in [1.29, 1.82) is 0 Å². The van der Waals surface area contributed by atoms with Crippen LogP contribution in [0, 0.1) is 11.8 Å². The normalized spacial score (nSPS) is 13.1. The molecule has 0 aliphatic carbocycles. The van der Waals surface area contributed by atoms with Crippen molar-refractivity contribution in [2.75, 3.05) is 18.1 Å². The van der Waals surface area contributed by atoms with Crippen LogP contribution in [0.25, 0.3) is 0 Å². The van der Waals surface area contributed by atoms with Crippen molar-refractivity contribution < 1.29 is 0 Å². The third kappa shape index (κ3) is 7.92. The van der Waals surface area contributed by atoms with Gasteiger partial charge < -0.3 is 5.32 Å². The van der Waals surface area contributed by atoms with Crippen LogP contribution in [0.4, 0.5) is 0 Å². The molecule has 0 saturated heterocycles. The molecule has 1 atom stereocenters. The molecule has 0 aliphatic heterocycles. The van der Waals surface area contributed by atoms with Crippen LogP contribution in [0.1, 0.15) is 58.2 Å². The summed E-state index contributed by atoms with van der Waals surface area (Å²) in [7, 11) is 0. The Balaban J connectivity index is 2.54. The van der Waals surface area contributed by atoms with Crippen LogP contribution < -0.4 is 5.32 Å². The van der Waals surface area contributed by atoms with E-state index in [0.717, 1.165) is 18.4 Å². The molecule has 1 rings (SSSR count). The van der Waals surface area contributed by atoms with Gasteiger partial charge in [0.15, 0.2) is 0 Å². The van der Waals surface area contributed by atoms with Crippen molar-refractivity contribution >= 4 is 11.8 Å². The highest BCUT2D eigenvalue weighted by Crippen LogP contribution is 2.21. The number of hydrogen-bond donors (Lipinski definition) is 1. The molecule has 0 aromatic heterocycles. The first-order valence-corrected chi connectivity index (χ1v) is 9.58. The van der Waals surface area contributed by atoms with Gasteiger partial charge in [-0.3, -0.25) is 0 Å². The maximum Gasteiger partial charge on any atom is 0.0411 e. The van der Waals surface area contributed by atoms with Crippen LogP contribution in [-0.2, 0) is 6.42 Å². The van der Waals surface area contributed by atoms with Gasteiger partial charge in [-0.2, -0.15) is 11.8 Å². The smallest absolute Gasteiger partial charge is 0.0411 e. The summed E-state index contributed by atoms with van der Waals surface area (Å²) in [6.07, 6.45) is 2.49. The van der Waals surface area contributed by atoms with Crippen molar-refractivity contribution in [3.63, 3.8) is 0 Å². The molecule has 0 bridgehead atoms. The molecule has 1 N–H and O–H groups in total. The van der Waals surface area contributed by atoms with Gasteiger partial charge in [0.05, 0.1) is 0 Å². The lowest BCUT2D eigenvalue weighted by Crippen LogP contribution is -2.23. The molecule has 0 fully saturated rings. The molecule has 0 heterocycles. The number of nitrogens with one attached hydrogen (secondary N) is 1. The van der Waals surface area contributed by atoms with Crippen molar-refractivity contribution in [3.05, 3.63) is 35.4 Å². The molecule has 120 valence electrons. The van der Waals surface area contributed by atoms with Gasteiger partial charge in [-0.15, -0.1) is 0 Å². The molecule has 0 aliphatic rings. The SMILES string of the molecule is CCNC(CSCCC(C)C)c1ccc(CC(C)C)cc1. The molecular weight excluding hydrogens is 274 g/mol. The van der Waals surface area contributed by atoms with Crippen LogP contribution >= 0.6 is 11.8 Å². The molecular formula is C19H33NS. The first-order chi connectivity index (χ1) is 10.0. The molecule has 1 aromatic carbocycles. The van der Waals surface area contributed by atoms with Gasteiger partial charge in [-0.25, -0.2) is 0 Å². The Hall–Kier alpha value is -0.470. The van der Waals surface area contributed by atoms with E-state index >= 15 is 0 Å². The predicted octanol–water partition coefficient (Wildman–Crippen LogP) is 5.32. The second kappa shape index (κ2) is 10.3. The van der Waals surface area contributed by atoms with E-state index in [4.69, 9.17) is 0 Å². The predicted molar refractivity (Wildman–Crippen MR) is 98.2 cm³/mol. The van der Waals surface area contributed by atoms with Gasteiger partial charge in [0.2, 0.25) is 0 Å². The van der Waals surface area contributed by atoms with Crippen LogP contribution in [0.3, 0.4) is 0 Å². The van der Waals surface area contributed by atoms with Crippen molar-refractivity contribution in [3.8, 4) is 0 Å². The van der Waals surface area contributed by atoms with Crippen LogP contribution in [0.2, 0.25) is 0 Å². The second-order valence-corrected chi connectivity index (χ2v) is 7.86. The Bertz CT molecular complexity index is 370. The number of thioether (sulfide) groups is 1. The summed E-state index contributed by atoms with van der Waals surface area (Å²) in [6, 6.07) is 9.72. The maximum atomic E-state index is 3.63. The van der Waals surface area contributed by atoms with Crippen molar-refractivity contribution in [2.24, 2.45) is 11.8 Å². The van der Waals surface area contributed by atoms with E-state index in [9.17, 15) is 0 Å². The average molecular weight is 308 g/mol. The van der Waals surface area contributed by atoms with Gasteiger partial charge in [0.1, 0.15) is 0 Å². The lowest BCUT2D eigenvalue weighted by atomic mass is 10.00. The minimum absolute atomic E-state index is 0.486. The Morgan fingerprint density at radius 3 is 2.19 bits per heavy atom. The maximum absolute atomic E-state index is 3.63. The number of benzene rings is 1. The van der Waals surface area contributed by atoms with Gasteiger partial charge in [0.25, 0.3) is 0 Å². The molecule has 1 unspecified atom stereocenters. The summed E-state index contributed by atoms with van der Waals surface area (Å²) in [5, 5.41) is 3.63. The summed E-state index contributed by atoms with van der Waals surface area (Å²) < 4.78 is 0. The van der Waals surface area contributed by atoms with Crippen LogP contribution in [0.5, 0.6) is 0 Å². The fraction of sp³-hybridized carbons (Fsp3) is 0.684. The summed E-state index contributed by atoms with van der Waals surface area (Å²) in [5.74, 6) is 3.98. The van der Waals surface area contributed by atoms with E-state index in [0.29, 0.717) is 6.04 Å². The van der Waals surface area contributed by atoms with Crippen LogP contribution in [-0.4, -0.2) is 18.1 Å². The van der Waals surface area contributed by atoms with E-state index in [1.54, 1.807) is 0 Å². The molecule has 0 spiro atoms. The largest absolute Gasteiger partial charge is 0.310 e. The standard InChI is InChI=1S/C19H33NS/c1-6-20-19(14-21-12-11-15(2)3)18-9-7-17(8-10-18)13-16(4)5/h7-10,15-16,19-20H,6,11-14H2,1-5H3. The van der Waals surface area contributed by atoms with E-state index in [-0.39, 0.29) is 0 Å². The van der Waals surface area contributed by atoms with E-state index in [2.05, 4.69) is 76.0 Å². The Labute approximate surface area is 136 Å². The fourth-order valence-electron chi connectivity index (χ4n) is 2.40.